The number of aromatic nitrogens is 2. The summed E-state index contributed by atoms with van der Waals surface area (Å²) in [6, 6.07) is 5.03. The van der Waals surface area contributed by atoms with Crippen molar-refractivity contribution in [3.8, 4) is 0 Å². The first-order valence-electron chi connectivity index (χ1n) is 6.01. The van der Waals surface area contributed by atoms with Crippen LogP contribution in [0.4, 0.5) is 11.5 Å². The van der Waals surface area contributed by atoms with Crippen molar-refractivity contribution in [2.24, 2.45) is 0 Å². The van der Waals surface area contributed by atoms with Crippen molar-refractivity contribution in [2.75, 3.05) is 5.32 Å². The van der Waals surface area contributed by atoms with Crippen LogP contribution >= 0.6 is 0 Å². The molecule has 5 heteroatoms. The number of carboxylic acid groups (broad SMARTS) is 1. The Morgan fingerprint density at radius 1 is 1.32 bits per heavy atom. The topological polar surface area (TPSA) is 75.1 Å². The Kier molecular flexibility index (Phi) is 3.75. The van der Waals surface area contributed by atoms with E-state index in [2.05, 4.69) is 15.3 Å². The van der Waals surface area contributed by atoms with Crippen molar-refractivity contribution in [2.45, 2.75) is 20.3 Å². The normalized spacial score (nSPS) is 10.2. The lowest BCUT2D eigenvalue weighted by Gasteiger charge is -2.08. The van der Waals surface area contributed by atoms with E-state index in [1.165, 1.54) is 6.07 Å². The van der Waals surface area contributed by atoms with E-state index < -0.39 is 5.97 Å². The van der Waals surface area contributed by atoms with Crippen LogP contribution in [-0.4, -0.2) is 21.0 Å². The average molecular weight is 257 g/mol. The molecule has 2 aromatic heterocycles. The molecular weight excluding hydrogens is 242 g/mol. The molecule has 0 aromatic carbocycles. The van der Waals surface area contributed by atoms with E-state index in [1.807, 2.05) is 19.9 Å². The number of rotatable bonds is 4. The van der Waals surface area contributed by atoms with Gasteiger partial charge in [0.05, 0.1) is 17.4 Å². The number of hydrogen-bond acceptors (Lipinski definition) is 4. The van der Waals surface area contributed by atoms with Gasteiger partial charge in [-0.2, -0.15) is 0 Å². The second-order valence-electron chi connectivity index (χ2n) is 4.27. The molecule has 0 aliphatic heterocycles. The van der Waals surface area contributed by atoms with E-state index in [-0.39, 0.29) is 5.56 Å². The maximum Gasteiger partial charge on any atom is 0.335 e. The van der Waals surface area contributed by atoms with E-state index in [0.29, 0.717) is 12.2 Å². The standard InChI is InChI=1S/C14H15N3O2/c1-3-11-5-10(14(18)19)6-13(16-11)17-12-4-9(2)7-15-8-12/h4-8H,3H2,1-2H3,(H,16,17)(H,18,19). The molecule has 0 aliphatic carbocycles. The predicted octanol–water partition coefficient (Wildman–Crippen LogP) is 2.79. The third-order valence-electron chi connectivity index (χ3n) is 2.63. The molecule has 0 saturated carbocycles. The number of anilines is 2. The number of nitrogens with zero attached hydrogens (tertiary/aromatic N) is 2. The first kappa shape index (κ1) is 13.0. The summed E-state index contributed by atoms with van der Waals surface area (Å²) in [6.45, 7) is 3.88. The summed E-state index contributed by atoms with van der Waals surface area (Å²) >= 11 is 0. The highest BCUT2D eigenvalue weighted by Gasteiger charge is 2.08. The number of pyridine rings is 2. The quantitative estimate of drug-likeness (QED) is 0.880. The molecule has 2 rings (SSSR count). The van der Waals surface area contributed by atoms with Crippen LogP contribution in [0.25, 0.3) is 0 Å². The molecule has 0 spiro atoms. The van der Waals surface area contributed by atoms with Gasteiger partial charge in [0, 0.05) is 11.9 Å². The van der Waals surface area contributed by atoms with Gasteiger partial charge in [-0.15, -0.1) is 0 Å². The van der Waals surface area contributed by atoms with Crippen molar-refractivity contribution in [1.82, 2.24) is 9.97 Å². The van der Waals surface area contributed by atoms with Crippen LogP contribution in [0.3, 0.4) is 0 Å². The summed E-state index contributed by atoms with van der Waals surface area (Å²) in [6.07, 6.45) is 4.11. The summed E-state index contributed by atoms with van der Waals surface area (Å²) in [5.74, 6) is -0.438. The van der Waals surface area contributed by atoms with Gasteiger partial charge in [-0.1, -0.05) is 6.92 Å². The minimum atomic E-state index is -0.956. The smallest absolute Gasteiger partial charge is 0.335 e. The van der Waals surface area contributed by atoms with Crippen molar-refractivity contribution in [3.05, 3.63) is 47.4 Å². The monoisotopic (exact) mass is 257 g/mol. The molecule has 2 N–H and O–H groups in total. The van der Waals surface area contributed by atoms with Gasteiger partial charge >= 0.3 is 5.97 Å². The molecule has 5 nitrogen and oxygen atoms in total. The number of carboxylic acids is 1. The van der Waals surface area contributed by atoms with Crippen LogP contribution in [0.15, 0.2) is 30.6 Å². The Hall–Kier alpha value is -2.43. The molecular formula is C14H15N3O2. The summed E-state index contributed by atoms with van der Waals surface area (Å²) in [4.78, 5) is 19.5. The number of aryl methyl sites for hydroxylation is 2. The lowest BCUT2D eigenvalue weighted by molar-refractivity contribution is 0.0696. The van der Waals surface area contributed by atoms with Crippen LogP contribution in [-0.2, 0) is 6.42 Å². The Balaban J connectivity index is 2.34. The molecule has 0 amide bonds. The maximum atomic E-state index is 11.1. The van der Waals surface area contributed by atoms with E-state index in [9.17, 15) is 4.79 Å². The number of hydrogen-bond donors (Lipinski definition) is 2. The number of aromatic carboxylic acids is 1. The first-order valence-corrected chi connectivity index (χ1v) is 6.01. The Bertz CT molecular complexity index is 611. The van der Waals surface area contributed by atoms with Gasteiger partial charge in [0.1, 0.15) is 5.82 Å². The van der Waals surface area contributed by atoms with Crippen LogP contribution in [0.1, 0.15) is 28.5 Å². The lowest BCUT2D eigenvalue weighted by Crippen LogP contribution is -2.03. The minimum absolute atomic E-state index is 0.231. The summed E-state index contributed by atoms with van der Waals surface area (Å²) in [5.41, 5.74) is 2.78. The fourth-order valence-electron chi connectivity index (χ4n) is 1.73. The SMILES string of the molecule is CCc1cc(C(=O)O)cc(Nc2cncc(C)c2)n1. The highest BCUT2D eigenvalue weighted by atomic mass is 16.4. The fraction of sp³-hybridized carbons (Fsp3) is 0.214. The van der Waals surface area contributed by atoms with Crippen molar-refractivity contribution < 1.29 is 9.90 Å². The van der Waals surface area contributed by atoms with Crippen molar-refractivity contribution in [3.63, 3.8) is 0 Å². The van der Waals surface area contributed by atoms with Gasteiger partial charge < -0.3 is 10.4 Å². The van der Waals surface area contributed by atoms with Gasteiger partial charge in [0.2, 0.25) is 0 Å². The third kappa shape index (κ3) is 3.28. The fourth-order valence-corrected chi connectivity index (χ4v) is 1.73. The van der Waals surface area contributed by atoms with Crippen molar-refractivity contribution >= 4 is 17.5 Å². The third-order valence-corrected chi connectivity index (χ3v) is 2.63. The van der Waals surface area contributed by atoms with Gasteiger partial charge in [0.15, 0.2) is 0 Å². The molecule has 98 valence electrons. The van der Waals surface area contributed by atoms with E-state index in [4.69, 9.17) is 5.11 Å². The van der Waals surface area contributed by atoms with Crippen LogP contribution in [0.2, 0.25) is 0 Å². The van der Waals surface area contributed by atoms with Crippen LogP contribution < -0.4 is 5.32 Å². The highest BCUT2D eigenvalue weighted by molar-refractivity contribution is 5.88. The highest BCUT2D eigenvalue weighted by Crippen LogP contribution is 2.17. The molecule has 0 radical (unpaired) electrons. The van der Waals surface area contributed by atoms with Gasteiger partial charge in [-0.3, -0.25) is 4.98 Å². The zero-order valence-corrected chi connectivity index (χ0v) is 10.8. The molecule has 0 atom stereocenters. The predicted molar refractivity (Wildman–Crippen MR) is 72.8 cm³/mol. The molecule has 0 bridgehead atoms. The average Bonchev–Trinajstić information content (AvgIpc) is 2.38. The summed E-state index contributed by atoms with van der Waals surface area (Å²) in [7, 11) is 0. The van der Waals surface area contributed by atoms with E-state index in [0.717, 1.165) is 16.9 Å². The second kappa shape index (κ2) is 5.48. The summed E-state index contributed by atoms with van der Waals surface area (Å²) < 4.78 is 0. The van der Waals surface area contributed by atoms with Crippen LogP contribution in [0, 0.1) is 6.92 Å². The van der Waals surface area contributed by atoms with Crippen molar-refractivity contribution in [1.29, 1.82) is 0 Å². The second-order valence-corrected chi connectivity index (χ2v) is 4.27. The Labute approximate surface area is 111 Å². The number of nitrogens with one attached hydrogen (secondary N) is 1. The molecule has 0 aliphatic rings. The van der Waals surface area contributed by atoms with E-state index >= 15 is 0 Å². The summed E-state index contributed by atoms with van der Waals surface area (Å²) in [5, 5.41) is 12.1. The minimum Gasteiger partial charge on any atom is -0.478 e. The van der Waals surface area contributed by atoms with Gasteiger partial charge in [-0.05, 0) is 37.1 Å². The van der Waals surface area contributed by atoms with Gasteiger partial charge in [0.25, 0.3) is 0 Å². The van der Waals surface area contributed by atoms with E-state index in [1.54, 1.807) is 18.5 Å². The van der Waals surface area contributed by atoms with Crippen LogP contribution in [0.5, 0.6) is 0 Å². The largest absolute Gasteiger partial charge is 0.478 e. The Morgan fingerprint density at radius 3 is 2.74 bits per heavy atom. The maximum absolute atomic E-state index is 11.1. The molecule has 2 aromatic rings. The first-order chi connectivity index (χ1) is 9.08. The zero-order valence-electron chi connectivity index (χ0n) is 10.8. The molecule has 0 unspecified atom stereocenters. The zero-order chi connectivity index (χ0) is 13.8. The Morgan fingerprint density at radius 2 is 2.11 bits per heavy atom. The molecule has 2 heterocycles. The van der Waals surface area contributed by atoms with Gasteiger partial charge in [-0.25, -0.2) is 9.78 Å². The number of carbonyl (C=O) groups is 1. The molecule has 0 fully saturated rings. The molecule has 0 saturated heterocycles. The molecule has 19 heavy (non-hydrogen) atoms. The lowest BCUT2D eigenvalue weighted by atomic mass is 10.2.